The Kier molecular flexibility index (Phi) is 5.70. The van der Waals surface area contributed by atoms with Crippen LogP contribution in [0.5, 0.6) is 0 Å². The van der Waals surface area contributed by atoms with E-state index in [-0.39, 0.29) is 6.54 Å². The van der Waals surface area contributed by atoms with Crippen molar-refractivity contribution in [3.05, 3.63) is 47.2 Å². The van der Waals surface area contributed by atoms with Gasteiger partial charge in [-0.2, -0.15) is 0 Å². The lowest BCUT2D eigenvalue weighted by Gasteiger charge is -2.37. The van der Waals surface area contributed by atoms with Crippen molar-refractivity contribution in [1.82, 2.24) is 24.7 Å². The highest BCUT2D eigenvalue weighted by atomic mass is 19.1. The Morgan fingerprint density at radius 3 is 2.55 bits per heavy atom. The van der Waals surface area contributed by atoms with Crippen LogP contribution in [0.3, 0.4) is 0 Å². The first-order valence-corrected chi connectivity index (χ1v) is 9.81. The molecule has 1 unspecified atom stereocenters. The molecular weight excluding hydrogens is 409 g/mol. The molecule has 1 aromatic carbocycles. The molecule has 164 valence electrons. The van der Waals surface area contributed by atoms with Crippen LogP contribution in [-0.2, 0) is 22.7 Å². The maximum Gasteiger partial charge on any atom is 0.325 e. The van der Waals surface area contributed by atoms with Gasteiger partial charge >= 0.3 is 11.9 Å². The number of fused-ring (bicyclic) bond motifs is 1. The lowest BCUT2D eigenvalue weighted by molar-refractivity contribution is -0.144. The number of piperazine rings is 1. The van der Waals surface area contributed by atoms with Gasteiger partial charge < -0.3 is 14.8 Å². The number of benzene rings is 1. The number of carbonyl (C=O) groups is 2. The topological polar surface area (TPSA) is 125 Å². The Morgan fingerprint density at radius 1 is 1.19 bits per heavy atom. The number of hydrogen-bond donors (Lipinski definition) is 2. The molecule has 0 aliphatic carbocycles. The van der Waals surface area contributed by atoms with Gasteiger partial charge in [0.2, 0.25) is 0 Å². The summed E-state index contributed by atoms with van der Waals surface area (Å²) in [5, 5.41) is 27.4. The average molecular weight is 431 g/mol. The fraction of sp³-hybridized carbons (Fsp3) is 0.400. The molecule has 2 aromatic heterocycles. The third kappa shape index (κ3) is 4.28. The van der Waals surface area contributed by atoms with Crippen LogP contribution in [0.1, 0.15) is 23.0 Å². The van der Waals surface area contributed by atoms with E-state index < -0.39 is 23.8 Å². The number of halogens is 1. The van der Waals surface area contributed by atoms with Crippen LogP contribution in [-0.4, -0.2) is 73.0 Å². The SMILES string of the molecule is Cc1nonc1CN1CCN(C(C(=O)O)c2cn(CC(=O)O)c3cc(F)ccc23)CC1. The minimum Gasteiger partial charge on any atom is -0.480 e. The van der Waals surface area contributed by atoms with Gasteiger partial charge in [-0.3, -0.25) is 19.4 Å². The number of hydrogen-bond acceptors (Lipinski definition) is 7. The molecule has 31 heavy (non-hydrogen) atoms. The first kappa shape index (κ1) is 20.9. The van der Waals surface area contributed by atoms with E-state index in [1.54, 1.807) is 0 Å². The predicted molar refractivity (Wildman–Crippen MR) is 106 cm³/mol. The average Bonchev–Trinajstić information content (AvgIpc) is 3.26. The highest BCUT2D eigenvalue weighted by Gasteiger charge is 2.33. The Bertz CT molecular complexity index is 1120. The summed E-state index contributed by atoms with van der Waals surface area (Å²) >= 11 is 0. The van der Waals surface area contributed by atoms with Gasteiger partial charge in [0.1, 0.15) is 29.8 Å². The molecule has 1 saturated heterocycles. The number of carboxylic acids is 2. The second-order valence-electron chi connectivity index (χ2n) is 7.62. The van der Waals surface area contributed by atoms with Gasteiger partial charge in [-0.1, -0.05) is 10.3 Å². The van der Waals surface area contributed by atoms with Crippen LogP contribution in [0.2, 0.25) is 0 Å². The molecular formula is C20H22FN5O5. The summed E-state index contributed by atoms with van der Waals surface area (Å²) in [4.78, 5) is 27.5. The lowest BCUT2D eigenvalue weighted by atomic mass is 10.0. The van der Waals surface area contributed by atoms with E-state index in [1.165, 1.54) is 29.0 Å². The molecule has 0 spiro atoms. The zero-order chi connectivity index (χ0) is 22.1. The first-order chi connectivity index (χ1) is 14.8. The van der Waals surface area contributed by atoms with Crippen molar-refractivity contribution in [3.63, 3.8) is 0 Å². The second kappa shape index (κ2) is 8.44. The van der Waals surface area contributed by atoms with Crippen molar-refractivity contribution >= 4 is 22.8 Å². The second-order valence-corrected chi connectivity index (χ2v) is 7.62. The molecule has 1 aliphatic rings. The highest BCUT2D eigenvalue weighted by Crippen LogP contribution is 2.32. The van der Waals surface area contributed by atoms with E-state index in [0.29, 0.717) is 49.2 Å². The summed E-state index contributed by atoms with van der Waals surface area (Å²) in [6.45, 7) is 4.24. The van der Waals surface area contributed by atoms with Crippen LogP contribution in [0, 0.1) is 12.7 Å². The molecule has 0 bridgehead atoms. The third-order valence-corrected chi connectivity index (χ3v) is 5.60. The van der Waals surface area contributed by atoms with E-state index in [0.717, 1.165) is 11.4 Å². The maximum absolute atomic E-state index is 13.8. The maximum atomic E-state index is 13.8. The fourth-order valence-electron chi connectivity index (χ4n) is 4.06. The number of nitrogens with zero attached hydrogens (tertiary/aromatic N) is 5. The first-order valence-electron chi connectivity index (χ1n) is 9.81. The molecule has 0 radical (unpaired) electrons. The van der Waals surface area contributed by atoms with Crippen molar-refractivity contribution in [1.29, 1.82) is 0 Å². The summed E-state index contributed by atoms with van der Waals surface area (Å²) < 4.78 is 19.9. The molecule has 3 heterocycles. The minimum atomic E-state index is -1.09. The minimum absolute atomic E-state index is 0.358. The Morgan fingerprint density at radius 2 is 1.94 bits per heavy atom. The van der Waals surface area contributed by atoms with E-state index in [9.17, 15) is 24.2 Å². The van der Waals surface area contributed by atoms with Crippen molar-refractivity contribution in [3.8, 4) is 0 Å². The van der Waals surface area contributed by atoms with Gasteiger partial charge in [0.05, 0.1) is 5.52 Å². The largest absolute Gasteiger partial charge is 0.480 e. The molecule has 1 aliphatic heterocycles. The Balaban J connectivity index is 1.58. The van der Waals surface area contributed by atoms with Gasteiger partial charge in [-0.05, 0) is 25.1 Å². The molecule has 2 N–H and O–H groups in total. The molecule has 1 fully saturated rings. The number of aromatic nitrogens is 3. The normalized spacial score (nSPS) is 16.6. The van der Waals surface area contributed by atoms with Gasteiger partial charge in [-0.25, -0.2) is 9.02 Å². The van der Waals surface area contributed by atoms with E-state index >= 15 is 0 Å². The highest BCUT2D eigenvalue weighted by molar-refractivity contribution is 5.90. The molecule has 4 rings (SSSR count). The van der Waals surface area contributed by atoms with E-state index in [1.807, 2.05) is 11.8 Å². The standard InChI is InChI=1S/C20H22FN5O5/c1-12-16(23-31-22-12)10-24-4-6-25(7-5-24)19(20(29)30)15-9-26(11-18(27)28)17-8-13(21)2-3-14(15)17/h2-3,8-9,19H,4-7,10-11H2,1H3,(H,27,28)(H,29,30). The number of aryl methyl sites for hydroxylation is 1. The van der Waals surface area contributed by atoms with Crippen LogP contribution in [0.4, 0.5) is 4.39 Å². The van der Waals surface area contributed by atoms with E-state index in [2.05, 4.69) is 15.2 Å². The van der Waals surface area contributed by atoms with Gasteiger partial charge in [0, 0.05) is 49.9 Å². The summed E-state index contributed by atoms with van der Waals surface area (Å²) in [5.74, 6) is -2.64. The van der Waals surface area contributed by atoms with Gasteiger partial charge in [0.15, 0.2) is 0 Å². The van der Waals surface area contributed by atoms with E-state index in [4.69, 9.17) is 4.63 Å². The van der Waals surface area contributed by atoms with Crippen LogP contribution in [0.15, 0.2) is 29.0 Å². The number of rotatable bonds is 7. The lowest BCUT2D eigenvalue weighted by Crippen LogP contribution is -2.48. The van der Waals surface area contributed by atoms with Crippen LogP contribution >= 0.6 is 0 Å². The van der Waals surface area contributed by atoms with Crippen LogP contribution in [0.25, 0.3) is 10.9 Å². The van der Waals surface area contributed by atoms with Crippen molar-refractivity contribution in [2.75, 3.05) is 26.2 Å². The Hall–Kier alpha value is -3.31. The smallest absolute Gasteiger partial charge is 0.325 e. The van der Waals surface area contributed by atoms with Crippen molar-refractivity contribution in [2.45, 2.75) is 26.1 Å². The zero-order valence-corrected chi connectivity index (χ0v) is 16.9. The molecule has 0 amide bonds. The summed E-state index contributed by atoms with van der Waals surface area (Å²) in [6.07, 6.45) is 1.51. The zero-order valence-electron chi connectivity index (χ0n) is 16.9. The van der Waals surface area contributed by atoms with Crippen LogP contribution < -0.4 is 0 Å². The van der Waals surface area contributed by atoms with Gasteiger partial charge in [-0.15, -0.1) is 0 Å². The monoisotopic (exact) mass is 431 g/mol. The quantitative estimate of drug-likeness (QED) is 0.572. The number of carboxylic acid groups (broad SMARTS) is 2. The summed E-state index contributed by atoms with van der Waals surface area (Å²) in [6, 6.07) is 3.01. The van der Waals surface area contributed by atoms with Crippen molar-refractivity contribution < 1.29 is 28.8 Å². The van der Waals surface area contributed by atoms with Gasteiger partial charge in [0.25, 0.3) is 0 Å². The molecule has 11 heteroatoms. The molecule has 10 nitrogen and oxygen atoms in total. The predicted octanol–water partition coefficient (Wildman–Crippen LogP) is 1.50. The number of aliphatic carboxylic acids is 2. The summed E-state index contributed by atoms with van der Waals surface area (Å²) in [7, 11) is 0. The summed E-state index contributed by atoms with van der Waals surface area (Å²) in [5.41, 5.74) is 2.29. The Labute approximate surface area is 176 Å². The molecule has 0 saturated carbocycles. The fourth-order valence-corrected chi connectivity index (χ4v) is 4.06. The molecule has 1 atom stereocenters. The molecule has 3 aromatic rings. The van der Waals surface area contributed by atoms with Crippen molar-refractivity contribution in [2.24, 2.45) is 0 Å². The third-order valence-electron chi connectivity index (χ3n) is 5.60.